The standard InChI is InChI=1S/C20H22N4O3S/c1-4-16-15(10-25)17-18(21-9-11(2)26)23-20(24-19(17)22-16)28-14-7-5-6-13(8-14)12(3)27/h5-8,10-11,26-27H,3-4,9H2,1-2H3,(H2,21,22,23,24)/t11-/m0/s1. The normalized spacial score (nSPS) is 12.1. The summed E-state index contributed by atoms with van der Waals surface area (Å²) in [5, 5.41) is 23.4. The summed E-state index contributed by atoms with van der Waals surface area (Å²) >= 11 is 1.33. The van der Waals surface area contributed by atoms with Crippen molar-refractivity contribution in [3.63, 3.8) is 0 Å². The average Bonchev–Trinajstić information content (AvgIpc) is 3.03. The number of rotatable bonds is 8. The Labute approximate surface area is 166 Å². The summed E-state index contributed by atoms with van der Waals surface area (Å²) in [5.41, 5.74) is 2.50. The van der Waals surface area contributed by atoms with E-state index in [0.29, 0.717) is 46.1 Å². The van der Waals surface area contributed by atoms with Gasteiger partial charge < -0.3 is 20.5 Å². The zero-order chi connectivity index (χ0) is 20.3. The molecule has 0 unspecified atom stereocenters. The van der Waals surface area contributed by atoms with E-state index in [-0.39, 0.29) is 5.76 Å². The second-order valence-corrected chi connectivity index (χ2v) is 7.41. The van der Waals surface area contributed by atoms with E-state index in [1.54, 1.807) is 19.1 Å². The summed E-state index contributed by atoms with van der Waals surface area (Å²) in [4.78, 5) is 24.8. The van der Waals surface area contributed by atoms with Gasteiger partial charge in [0.2, 0.25) is 0 Å². The van der Waals surface area contributed by atoms with Crippen LogP contribution in [-0.2, 0) is 6.42 Å². The van der Waals surface area contributed by atoms with E-state index in [1.165, 1.54) is 11.8 Å². The Hall–Kier alpha value is -2.84. The highest BCUT2D eigenvalue weighted by molar-refractivity contribution is 7.99. The number of aliphatic hydroxyl groups excluding tert-OH is 2. The molecule has 0 bridgehead atoms. The number of aromatic amines is 1. The predicted octanol–water partition coefficient (Wildman–Crippen LogP) is 3.81. The van der Waals surface area contributed by atoms with Crippen LogP contribution in [0.4, 0.5) is 5.82 Å². The number of nitrogens with zero attached hydrogens (tertiary/aromatic N) is 2. The molecule has 7 nitrogen and oxygen atoms in total. The summed E-state index contributed by atoms with van der Waals surface area (Å²) in [5.74, 6) is 0.486. The molecule has 0 fully saturated rings. The summed E-state index contributed by atoms with van der Waals surface area (Å²) in [6, 6.07) is 7.27. The molecule has 2 heterocycles. The molecule has 2 aromatic heterocycles. The fourth-order valence-electron chi connectivity index (χ4n) is 2.82. The number of carbonyl (C=O) groups is 1. The number of fused-ring (bicyclic) bond motifs is 1. The maximum absolute atomic E-state index is 11.6. The number of hydrogen-bond acceptors (Lipinski definition) is 7. The van der Waals surface area contributed by atoms with Gasteiger partial charge in [0.05, 0.1) is 11.5 Å². The van der Waals surface area contributed by atoms with E-state index < -0.39 is 6.10 Å². The van der Waals surface area contributed by atoms with Crippen molar-refractivity contribution in [3.8, 4) is 0 Å². The van der Waals surface area contributed by atoms with Crippen molar-refractivity contribution < 1.29 is 15.0 Å². The highest BCUT2D eigenvalue weighted by Crippen LogP contribution is 2.32. The molecular weight excluding hydrogens is 376 g/mol. The average molecular weight is 398 g/mol. The van der Waals surface area contributed by atoms with E-state index in [4.69, 9.17) is 0 Å². The van der Waals surface area contributed by atoms with Crippen LogP contribution in [0.25, 0.3) is 16.8 Å². The van der Waals surface area contributed by atoms with Gasteiger partial charge in [0, 0.05) is 28.3 Å². The van der Waals surface area contributed by atoms with Gasteiger partial charge in [0.25, 0.3) is 0 Å². The van der Waals surface area contributed by atoms with E-state index in [9.17, 15) is 15.0 Å². The zero-order valence-corrected chi connectivity index (χ0v) is 16.5. The fourth-order valence-corrected chi connectivity index (χ4v) is 3.64. The molecular formula is C20H22N4O3S. The molecule has 1 aromatic carbocycles. The van der Waals surface area contributed by atoms with Gasteiger partial charge in [0.1, 0.15) is 17.2 Å². The number of aliphatic hydroxyl groups is 2. The number of aryl methyl sites for hydroxylation is 1. The monoisotopic (exact) mass is 398 g/mol. The molecule has 0 aliphatic rings. The van der Waals surface area contributed by atoms with Crippen LogP contribution < -0.4 is 5.32 Å². The first-order valence-corrected chi connectivity index (χ1v) is 9.70. The van der Waals surface area contributed by atoms with Crippen molar-refractivity contribution in [1.82, 2.24) is 15.0 Å². The van der Waals surface area contributed by atoms with Gasteiger partial charge in [-0.2, -0.15) is 0 Å². The van der Waals surface area contributed by atoms with Crippen LogP contribution >= 0.6 is 11.8 Å². The smallest absolute Gasteiger partial charge is 0.196 e. The minimum Gasteiger partial charge on any atom is -0.508 e. The number of benzene rings is 1. The quantitative estimate of drug-likeness (QED) is 0.259. The minimum atomic E-state index is -0.572. The number of carbonyl (C=O) groups excluding carboxylic acids is 1. The lowest BCUT2D eigenvalue weighted by Crippen LogP contribution is -2.16. The van der Waals surface area contributed by atoms with Crippen LogP contribution in [0.1, 0.15) is 35.5 Å². The molecule has 0 aliphatic heterocycles. The van der Waals surface area contributed by atoms with Crippen molar-refractivity contribution >= 4 is 40.7 Å². The molecule has 8 heteroatoms. The fraction of sp³-hybridized carbons (Fsp3) is 0.250. The molecule has 0 aliphatic carbocycles. The van der Waals surface area contributed by atoms with Crippen LogP contribution in [-0.4, -0.2) is 44.1 Å². The Balaban J connectivity index is 2.07. The third kappa shape index (κ3) is 4.18. The van der Waals surface area contributed by atoms with Crippen molar-refractivity contribution in [1.29, 1.82) is 0 Å². The maximum Gasteiger partial charge on any atom is 0.196 e. The SMILES string of the molecule is C=C(O)c1cccc(Sc2nc(NC[C@H](C)O)c3c(C=O)c(CC)[nH]c3n2)c1. The Bertz CT molecular complexity index is 1030. The number of H-pyrrole nitrogens is 1. The number of hydrogen-bond donors (Lipinski definition) is 4. The summed E-state index contributed by atoms with van der Waals surface area (Å²) in [6.45, 7) is 7.46. The van der Waals surface area contributed by atoms with Crippen LogP contribution in [0.15, 0.2) is 40.9 Å². The molecule has 28 heavy (non-hydrogen) atoms. The first-order chi connectivity index (χ1) is 13.4. The van der Waals surface area contributed by atoms with Gasteiger partial charge in [-0.1, -0.05) is 25.6 Å². The Kier molecular flexibility index (Phi) is 6.01. The molecule has 0 amide bonds. The van der Waals surface area contributed by atoms with Crippen LogP contribution in [0, 0.1) is 0 Å². The van der Waals surface area contributed by atoms with Crippen LogP contribution in [0.5, 0.6) is 0 Å². The number of anilines is 1. The summed E-state index contributed by atoms with van der Waals surface area (Å²) in [7, 11) is 0. The molecule has 146 valence electrons. The van der Waals surface area contributed by atoms with E-state index in [2.05, 4.69) is 26.8 Å². The van der Waals surface area contributed by atoms with Crippen molar-refractivity contribution in [2.75, 3.05) is 11.9 Å². The van der Waals surface area contributed by atoms with Gasteiger partial charge in [-0.3, -0.25) is 4.79 Å². The second kappa shape index (κ2) is 8.45. The zero-order valence-electron chi connectivity index (χ0n) is 15.7. The Morgan fingerprint density at radius 1 is 1.43 bits per heavy atom. The number of nitrogens with one attached hydrogen (secondary N) is 2. The highest BCUT2D eigenvalue weighted by atomic mass is 32.2. The summed E-state index contributed by atoms with van der Waals surface area (Å²) in [6.07, 6.45) is 0.888. The molecule has 1 atom stereocenters. The molecule has 0 saturated heterocycles. The number of aromatic nitrogens is 3. The van der Waals surface area contributed by atoms with Gasteiger partial charge in [-0.25, -0.2) is 9.97 Å². The van der Waals surface area contributed by atoms with Crippen LogP contribution in [0.3, 0.4) is 0 Å². The molecule has 3 aromatic rings. The number of aldehydes is 1. The van der Waals surface area contributed by atoms with Gasteiger partial charge in [0.15, 0.2) is 11.4 Å². The molecule has 4 N–H and O–H groups in total. The predicted molar refractivity (Wildman–Crippen MR) is 111 cm³/mol. The molecule has 0 radical (unpaired) electrons. The molecule has 0 saturated carbocycles. The minimum absolute atomic E-state index is 0.00862. The van der Waals surface area contributed by atoms with Gasteiger partial charge in [-0.05, 0) is 37.2 Å². The van der Waals surface area contributed by atoms with Gasteiger partial charge >= 0.3 is 0 Å². The second-order valence-electron chi connectivity index (χ2n) is 6.37. The van der Waals surface area contributed by atoms with E-state index in [1.807, 2.05) is 19.1 Å². The van der Waals surface area contributed by atoms with Crippen molar-refractivity contribution in [2.24, 2.45) is 0 Å². The molecule has 0 spiro atoms. The Morgan fingerprint density at radius 3 is 2.86 bits per heavy atom. The van der Waals surface area contributed by atoms with E-state index in [0.717, 1.165) is 16.9 Å². The third-order valence-electron chi connectivity index (χ3n) is 4.16. The third-order valence-corrected chi connectivity index (χ3v) is 5.02. The van der Waals surface area contributed by atoms with Crippen molar-refractivity contribution in [2.45, 2.75) is 36.4 Å². The van der Waals surface area contributed by atoms with Crippen LogP contribution in [0.2, 0.25) is 0 Å². The van der Waals surface area contributed by atoms with E-state index >= 15 is 0 Å². The lowest BCUT2D eigenvalue weighted by molar-refractivity contribution is 0.112. The molecule has 3 rings (SSSR count). The summed E-state index contributed by atoms with van der Waals surface area (Å²) < 4.78 is 0. The lowest BCUT2D eigenvalue weighted by atomic mass is 10.1. The topological polar surface area (TPSA) is 111 Å². The first-order valence-electron chi connectivity index (χ1n) is 8.88. The first kappa shape index (κ1) is 19.9. The van der Waals surface area contributed by atoms with Crippen molar-refractivity contribution in [3.05, 3.63) is 47.7 Å². The Morgan fingerprint density at radius 2 is 2.21 bits per heavy atom. The van der Waals surface area contributed by atoms with Gasteiger partial charge in [-0.15, -0.1) is 0 Å². The largest absolute Gasteiger partial charge is 0.508 e. The lowest BCUT2D eigenvalue weighted by Gasteiger charge is -2.11. The highest BCUT2D eigenvalue weighted by Gasteiger charge is 2.18. The maximum atomic E-state index is 11.6.